The van der Waals surface area contributed by atoms with Crippen LogP contribution in [0.5, 0.6) is 5.75 Å². The van der Waals surface area contributed by atoms with Gasteiger partial charge in [-0.25, -0.2) is 0 Å². The van der Waals surface area contributed by atoms with E-state index in [9.17, 15) is 0 Å². The van der Waals surface area contributed by atoms with E-state index in [2.05, 4.69) is 22.3 Å². The molecule has 0 saturated carbocycles. The summed E-state index contributed by atoms with van der Waals surface area (Å²) < 4.78 is 5.44. The third kappa shape index (κ3) is 5.11. The molecule has 3 heteroatoms. The van der Waals surface area contributed by atoms with Crippen LogP contribution in [0.1, 0.15) is 32.6 Å². The number of nitrogens with one attached hydrogen (secondary N) is 1. The molecule has 0 bridgehead atoms. The summed E-state index contributed by atoms with van der Waals surface area (Å²) in [5.41, 5.74) is 1.18. The Morgan fingerprint density at radius 1 is 1.05 bits per heavy atom. The van der Waals surface area contributed by atoms with Crippen LogP contribution in [0.2, 0.25) is 0 Å². The number of nitrogens with zero attached hydrogens (tertiary/aromatic N) is 1. The first-order valence-electron chi connectivity index (χ1n) is 7.57. The quantitative estimate of drug-likeness (QED) is 0.850. The fraction of sp³-hybridized carbons (Fsp3) is 0.625. The molecule has 2 rings (SSSR count). The van der Waals surface area contributed by atoms with E-state index in [1.165, 1.54) is 44.5 Å². The number of likely N-dealkylation sites (tertiary alicyclic amines) is 1. The van der Waals surface area contributed by atoms with Gasteiger partial charge in [0, 0.05) is 18.8 Å². The minimum Gasteiger partial charge on any atom is -0.494 e. The third-order valence-electron chi connectivity index (χ3n) is 3.62. The van der Waals surface area contributed by atoms with Crippen LogP contribution in [0, 0.1) is 0 Å². The monoisotopic (exact) mass is 262 g/mol. The van der Waals surface area contributed by atoms with E-state index in [4.69, 9.17) is 4.74 Å². The van der Waals surface area contributed by atoms with Crippen molar-refractivity contribution < 1.29 is 4.74 Å². The van der Waals surface area contributed by atoms with Crippen molar-refractivity contribution in [3.05, 3.63) is 24.3 Å². The lowest BCUT2D eigenvalue weighted by molar-refractivity contribution is 0.296. The maximum Gasteiger partial charge on any atom is 0.119 e. The lowest BCUT2D eigenvalue weighted by atomic mass is 10.2. The summed E-state index contributed by atoms with van der Waals surface area (Å²) in [5.74, 6) is 0.945. The molecule has 0 aromatic heterocycles. The summed E-state index contributed by atoms with van der Waals surface area (Å²) in [6.07, 6.45) is 5.54. The summed E-state index contributed by atoms with van der Waals surface area (Å²) in [6, 6.07) is 8.23. The van der Waals surface area contributed by atoms with E-state index in [1.54, 1.807) is 0 Å². The SMILES string of the molecule is CCOc1ccc(NCCN2CCCCCC2)cc1. The zero-order valence-electron chi connectivity index (χ0n) is 12.0. The molecule has 19 heavy (non-hydrogen) atoms. The van der Waals surface area contributed by atoms with Gasteiger partial charge in [0.15, 0.2) is 0 Å². The highest BCUT2D eigenvalue weighted by molar-refractivity contribution is 5.46. The molecule has 106 valence electrons. The molecule has 0 atom stereocenters. The predicted octanol–water partition coefficient (Wildman–Crippen LogP) is 3.37. The van der Waals surface area contributed by atoms with Gasteiger partial charge in [-0.2, -0.15) is 0 Å². The number of hydrogen-bond acceptors (Lipinski definition) is 3. The molecule has 1 aliphatic rings. The first-order valence-corrected chi connectivity index (χ1v) is 7.57. The number of anilines is 1. The number of rotatable bonds is 6. The zero-order chi connectivity index (χ0) is 13.3. The molecule has 0 spiro atoms. The Balaban J connectivity index is 1.69. The zero-order valence-corrected chi connectivity index (χ0v) is 12.0. The number of ether oxygens (including phenoxy) is 1. The first-order chi connectivity index (χ1) is 9.38. The van der Waals surface area contributed by atoms with Gasteiger partial charge in [-0.3, -0.25) is 0 Å². The van der Waals surface area contributed by atoms with Crippen molar-refractivity contribution in [1.82, 2.24) is 4.90 Å². The Hall–Kier alpha value is -1.22. The van der Waals surface area contributed by atoms with E-state index in [1.807, 2.05) is 19.1 Å². The molecular formula is C16H26N2O. The number of benzene rings is 1. The molecule has 0 unspecified atom stereocenters. The minimum absolute atomic E-state index is 0.724. The molecular weight excluding hydrogens is 236 g/mol. The molecule has 1 fully saturated rings. The third-order valence-corrected chi connectivity index (χ3v) is 3.62. The van der Waals surface area contributed by atoms with E-state index in [-0.39, 0.29) is 0 Å². The summed E-state index contributed by atoms with van der Waals surface area (Å²) in [5, 5.41) is 3.48. The fourth-order valence-electron chi connectivity index (χ4n) is 2.55. The van der Waals surface area contributed by atoms with Gasteiger partial charge in [-0.1, -0.05) is 12.8 Å². The summed E-state index contributed by atoms with van der Waals surface area (Å²) in [6.45, 7) is 7.44. The predicted molar refractivity (Wildman–Crippen MR) is 81.0 cm³/mol. The number of hydrogen-bond donors (Lipinski definition) is 1. The topological polar surface area (TPSA) is 24.5 Å². The van der Waals surface area contributed by atoms with Crippen LogP contribution in [-0.4, -0.2) is 37.7 Å². The van der Waals surface area contributed by atoms with Crippen LogP contribution >= 0.6 is 0 Å². The second-order valence-electron chi connectivity index (χ2n) is 5.14. The maximum absolute atomic E-state index is 5.44. The Labute approximate surface area is 116 Å². The van der Waals surface area contributed by atoms with Gasteiger partial charge in [0.1, 0.15) is 5.75 Å². The lowest BCUT2D eigenvalue weighted by Crippen LogP contribution is -2.29. The molecule has 1 N–H and O–H groups in total. The van der Waals surface area contributed by atoms with Crippen LogP contribution in [0.25, 0.3) is 0 Å². The molecule has 1 aromatic carbocycles. The minimum atomic E-state index is 0.724. The molecule has 0 amide bonds. The Bertz CT molecular complexity index is 342. The van der Waals surface area contributed by atoms with Crippen molar-refractivity contribution >= 4 is 5.69 Å². The highest BCUT2D eigenvalue weighted by atomic mass is 16.5. The highest BCUT2D eigenvalue weighted by Gasteiger charge is 2.07. The van der Waals surface area contributed by atoms with Crippen molar-refractivity contribution in [3.8, 4) is 5.75 Å². The maximum atomic E-state index is 5.44. The molecule has 1 aliphatic heterocycles. The molecule has 0 aliphatic carbocycles. The van der Waals surface area contributed by atoms with Gasteiger partial charge in [0.05, 0.1) is 6.61 Å². The van der Waals surface area contributed by atoms with Crippen LogP contribution in [0.4, 0.5) is 5.69 Å². The normalized spacial score (nSPS) is 16.9. The first kappa shape index (κ1) is 14.2. The van der Waals surface area contributed by atoms with E-state index in [0.29, 0.717) is 0 Å². The van der Waals surface area contributed by atoms with Gasteiger partial charge >= 0.3 is 0 Å². The van der Waals surface area contributed by atoms with Gasteiger partial charge < -0.3 is 15.0 Å². The van der Waals surface area contributed by atoms with E-state index in [0.717, 1.165) is 25.4 Å². The van der Waals surface area contributed by atoms with Gasteiger partial charge in [-0.05, 0) is 57.1 Å². The van der Waals surface area contributed by atoms with Gasteiger partial charge in [0.25, 0.3) is 0 Å². The van der Waals surface area contributed by atoms with E-state index >= 15 is 0 Å². The molecule has 1 heterocycles. The van der Waals surface area contributed by atoms with Gasteiger partial charge in [-0.15, -0.1) is 0 Å². The molecule has 0 radical (unpaired) electrons. The van der Waals surface area contributed by atoms with Crippen molar-refractivity contribution in [1.29, 1.82) is 0 Å². The van der Waals surface area contributed by atoms with Crippen LogP contribution in [0.15, 0.2) is 24.3 Å². The summed E-state index contributed by atoms with van der Waals surface area (Å²) in [4.78, 5) is 2.58. The van der Waals surface area contributed by atoms with Crippen molar-refractivity contribution in [2.75, 3.05) is 38.1 Å². The molecule has 3 nitrogen and oxygen atoms in total. The van der Waals surface area contributed by atoms with Crippen LogP contribution in [-0.2, 0) is 0 Å². The summed E-state index contributed by atoms with van der Waals surface area (Å²) >= 11 is 0. The summed E-state index contributed by atoms with van der Waals surface area (Å²) in [7, 11) is 0. The second-order valence-corrected chi connectivity index (χ2v) is 5.14. The van der Waals surface area contributed by atoms with Crippen LogP contribution < -0.4 is 10.1 Å². The Morgan fingerprint density at radius 2 is 1.74 bits per heavy atom. The Morgan fingerprint density at radius 3 is 2.37 bits per heavy atom. The second kappa shape index (κ2) is 8.05. The highest BCUT2D eigenvalue weighted by Crippen LogP contribution is 2.15. The molecule has 1 saturated heterocycles. The largest absolute Gasteiger partial charge is 0.494 e. The van der Waals surface area contributed by atoms with Crippen LogP contribution in [0.3, 0.4) is 0 Å². The van der Waals surface area contributed by atoms with Gasteiger partial charge in [0.2, 0.25) is 0 Å². The smallest absolute Gasteiger partial charge is 0.119 e. The fourth-order valence-corrected chi connectivity index (χ4v) is 2.55. The van der Waals surface area contributed by atoms with Crippen molar-refractivity contribution in [2.24, 2.45) is 0 Å². The standard InChI is InChI=1S/C16H26N2O/c1-2-19-16-9-7-15(8-10-16)17-11-14-18-12-5-3-4-6-13-18/h7-10,17H,2-6,11-14H2,1H3. The Kier molecular flexibility index (Phi) is 6.02. The van der Waals surface area contributed by atoms with E-state index < -0.39 is 0 Å². The van der Waals surface area contributed by atoms with Crippen molar-refractivity contribution in [2.45, 2.75) is 32.6 Å². The average molecular weight is 262 g/mol. The van der Waals surface area contributed by atoms with Crippen molar-refractivity contribution in [3.63, 3.8) is 0 Å². The molecule has 1 aromatic rings. The lowest BCUT2D eigenvalue weighted by Gasteiger charge is -2.20. The average Bonchev–Trinajstić information content (AvgIpc) is 2.70.